The summed E-state index contributed by atoms with van der Waals surface area (Å²) in [6, 6.07) is 0. The van der Waals surface area contributed by atoms with E-state index >= 15 is 0 Å². The normalized spacial score (nSPS) is 88.5. The van der Waals surface area contributed by atoms with Gasteiger partial charge in [-0.15, -0.1) is 5.29 Å². The highest BCUT2D eigenvalue weighted by Crippen LogP contribution is 3.73. The van der Waals surface area contributed by atoms with Crippen LogP contribution >= 0.6 is 40.9 Å². The lowest BCUT2D eigenvalue weighted by Gasteiger charge is -2.17. The van der Waals surface area contributed by atoms with Gasteiger partial charge in [-0.2, -0.15) is 0 Å². The molecular formula is CH4S5. The van der Waals surface area contributed by atoms with Gasteiger partial charge < -0.3 is 0 Å². The zero-order valence-corrected chi connectivity index (χ0v) is 7.24. The average Bonchev–Trinajstić information content (AvgIpc) is 1.71. The SMILES string of the molecule is C[SH]123SS1(S2)S3. The van der Waals surface area contributed by atoms with Crippen molar-refractivity contribution in [2.75, 3.05) is 6.26 Å². The molecule has 3 aliphatic rings. The first kappa shape index (κ1) is 3.71. The van der Waals surface area contributed by atoms with Crippen LogP contribution in [0, 0.1) is 0 Å². The first-order valence-corrected chi connectivity index (χ1v) is 12.4. The van der Waals surface area contributed by atoms with E-state index in [0.29, 0.717) is 0 Å². The monoisotopic (exact) mass is 176 g/mol. The van der Waals surface area contributed by atoms with Crippen LogP contribution in [-0.2, 0) is 0 Å². The van der Waals surface area contributed by atoms with Gasteiger partial charge in [-0.3, -0.25) is 0 Å². The van der Waals surface area contributed by atoms with Gasteiger partial charge in [0.25, 0.3) is 0 Å². The molecular weight excluding hydrogens is 172 g/mol. The predicted molar refractivity (Wildman–Crippen MR) is 45.3 cm³/mol. The van der Waals surface area contributed by atoms with Crippen LogP contribution in [0.15, 0.2) is 0 Å². The highest BCUT2D eigenvalue weighted by molar-refractivity contribution is 10.6. The maximum absolute atomic E-state index is 2.51. The molecule has 38 valence electrons. The van der Waals surface area contributed by atoms with E-state index in [0.717, 1.165) is 0 Å². The summed E-state index contributed by atoms with van der Waals surface area (Å²) in [4.78, 5) is 0. The molecule has 0 N–H and O–H groups in total. The van der Waals surface area contributed by atoms with Crippen LogP contribution in [0.25, 0.3) is 0 Å². The molecule has 3 heterocycles. The van der Waals surface area contributed by atoms with E-state index in [1.807, 2.05) is 0 Å². The molecule has 0 aromatic heterocycles. The lowest BCUT2D eigenvalue weighted by molar-refractivity contribution is 2.53. The number of hydrogen-bond acceptors (Lipinski definition) is 3. The van der Waals surface area contributed by atoms with Crippen molar-refractivity contribution in [3.63, 3.8) is 0 Å². The Morgan fingerprint density at radius 1 is 1.33 bits per heavy atom. The summed E-state index contributed by atoms with van der Waals surface area (Å²) in [7, 11) is 7.02. The number of rotatable bonds is 0. The zero-order chi connectivity index (χ0) is 4.07. The second-order valence-corrected chi connectivity index (χ2v) is 36.2. The van der Waals surface area contributed by atoms with Crippen molar-refractivity contribution in [2.24, 2.45) is 0 Å². The van der Waals surface area contributed by atoms with Gasteiger partial charge in [0.15, 0.2) is 0 Å². The Bertz CT molecular complexity index is 137. The van der Waals surface area contributed by atoms with E-state index in [9.17, 15) is 0 Å². The van der Waals surface area contributed by atoms with Gasteiger partial charge >= 0.3 is 0 Å². The number of thiol groups is 1. The van der Waals surface area contributed by atoms with Crippen molar-refractivity contribution in [2.45, 2.75) is 0 Å². The van der Waals surface area contributed by atoms with Crippen molar-refractivity contribution in [3.8, 4) is 0 Å². The van der Waals surface area contributed by atoms with Gasteiger partial charge in [0.1, 0.15) is 0 Å². The summed E-state index contributed by atoms with van der Waals surface area (Å²) >= 11 is 0. The Morgan fingerprint density at radius 3 is 1.50 bits per heavy atom. The zero-order valence-electron chi connectivity index (χ0n) is 3.08. The van der Waals surface area contributed by atoms with Gasteiger partial charge in [0.2, 0.25) is 0 Å². The molecule has 0 aromatic carbocycles. The molecule has 0 spiro atoms. The topological polar surface area (TPSA) is 0 Å². The van der Waals surface area contributed by atoms with Gasteiger partial charge in [0.05, 0.1) is 0 Å². The predicted octanol–water partition coefficient (Wildman–Crippen LogP) is 3.14. The first-order chi connectivity index (χ1) is 2.68. The Kier molecular flexibility index (Phi) is 0.321. The van der Waals surface area contributed by atoms with Gasteiger partial charge in [-0.25, -0.2) is 0 Å². The van der Waals surface area contributed by atoms with Crippen LogP contribution in [0.3, 0.4) is 0 Å². The summed E-state index contributed by atoms with van der Waals surface area (Å²) < 4.78 is 0. The molecule has 3 fully saturated rings. The maximum Gasteiger partial charge on any atom is -0.0150 e. The van der Waals surface area contributed by atoms with Crippen LogP contribution in [0.2, 0.25) is 0 Å². The van der Waals surface area contributed by atoms with E-state index in [4.69, 9.17) is 0 Å². The van der Waals surface area contributed by atoms with E-state index in [2.05, 4.69) is 35.7 Å². The van der Waals surface area contributed by atoms with E-state index in [1.165, 1.54) is 0 Å². The van der Waals surface area contributed by atoms with E-state index in [1.54, 1.807) is 0 Å². The smallest absolute Gasteiger partial charge is 0.0150 e. The highest BCUT2D eigenvalue weighted by Gasteiger charge is 3.05. The van der Waals surface area contributed by atoms with Gasteiger partial charge in [-0.1, -0.05) is 0 Å². The molecule has 0 aliphatic carbocycles. The van der Waals surface area contributed by atoms with Crippen molar-refractivity contribution < 1.29 is 0 Å². The van der Waals surface area contributed by atoms with Crippen LogP contribution < -0.4 is 0 Å². The molecule has 0 aromatic rings. The van der Waals surface area contributed by atoms with Crippen LogP contribution in [0.1, 0.15) is 0 Å². The minimum Gasteiger partial charge on any atom is -0.103 e. The standard InChI is InChI=1S/CH4S5/c1-6-2-5(6,3-6)4-6/h6H,1H3. The number of hydrogen-bond donors (Lipinski definition) is 1. The fourth-order valence-electron chi connectivity index (χ4n) is 0.605. The molecule has 3 saturated heterocycles. The van der Waals surface area contributed by atoms with Gasteiger partial charge in [0, 0.05) is 0 Å². The van der Waals surface area contributed by atoms with Crippen molar-refractivity contribution in [1.29, 1.82) is 0 Å². The Morgan fingerprint density at radius 2 is 1.50 bits per heavy atom. The Balaban J connectivity index is 2.48. The molecule has 0 bridgehead atoms. The molecule has 0 atom stereocenters. The van der Waals surface area contributed by atoms with Crippen molar-refractivity contribution in [3.05, 3.63) is 0 Å². The fourth-order valence-corrected chi connectivity index (χ4v) is 86.3. The molecule has 0 unspecified atom stereocenters. The third kappa shape index (κ3) is 0.157. The largest absolute Gasteiger partial charge is 0.103 e. The third-order valence-electron chi connectivity index (χ3n) is 1.22. The van der Waals surface area contributed by atoms with E-state index in [-0.39, 0.29) is 6.16 Å². The molecule has 5 heteroatoms. The van der Waals surface area contributed by atoms with Crippen molar-refractivity contribution >= 4 is 40.9 Å². The summed E-state index contributed by atoms with van der Waals surface area (Å²) in [5, 5.41) is -0.654. The van der Waals surface area contributed by atoms with Crippen LogP contribution in [-0.4, -0.2) is 6.26 Å². The highest BCUT2D eigenvalue weighted by atomic mass is 35.1. The summed E-state index contributed by atoms with van der Waals surface area (Å²) in [5.74, 6) is 0. The molecule has 0 radical (unpaired) electrons. The second-order valence-electron chi connectivity index (χ2n) is 1.83. The fraction of sp³-hybridized carbons (Fsp3) is 1.00. The van der Waals surface area contributed by atoms with E-state index < -0.39 is 5.29 Å². The summed E-state index contributed by atoms with van der Waals surface area (Å²) in [5.41, 5.74) is 0. The minimum absolute atomic E-state index is 0.177. The minimum atomic E-state index is -0.654. The Labute approximate surface area is 47.0 Å². The molecule has 0 nitrogen and oxygen atoms in total. The summed E-state index contributed by atoms with van der Waals surface area (Å²) in [6.07, 6.45) is 2.69. The lowest BCUT2D eigenvalue weighted by Crippen LogP contribution is -1.57. The molecule has 3 aliphatic heterocycles. The molecule has 6 heavy (non-hydrogen) atoms. The second kappa shape index (κ2) is 0.518. The Hall–Kier alpha value is 1.75. The summed E-state index contributed by atoms with van der Waals surface area (Å²) in [6.45, 7) is 0. The quantitative estimate of drug-likeness (QED) is 0.342. The van der Waals surface area contributed by atoms with Crippen molar-refractivity contribution in [1.82, 2.24) is 0 Å². The van der Waals surface area contributed by atoms with Gasteiger partial charge in [-0.05, 0) is 41.9 Å². The third-order valence-corrected chi connectivity index (χ3v) is 62.5. The maximum atomic E-state index is 2.51. The lowest BCUT2D eigenvalue weighted by atomic mass is 12.0. The van der Waals surface area contributed by atoms with Crippen LogP contribution in [0.5, 0.6) is 0 Å². The molecule has 0 saturated carbocycles. The molecule has 0 amide bonds. The van der Waals surface area contributed by atoms with Crippen LogP contribution in [0.4, 0.5) is 0 Å². The first-order valence-electron chi connectivity index (χ1n) is 1.68. The molecule has 3 rings (SSSR count). The average molecular weight is 176 g/mol.